The molecule has 0 bridgehead atoms. The molecule has 70 valence electrons. The molecule has 2 nitrogen and oxygen atoms in total. The molecule has 1 saturated carbocycles. The first-order valence-corrected chi connectivity index (χ1v) is 4.89. The van der Waals surface area contributed by atoms with Gasteiger partial charge in [0.15, 0.2) is 0 Å². The van der Waals surface area contributed by atoms with Crippen molar-refractivity contribution in [3.8, 4) is 18.4 Å². The highest BCUT2D eigenvalue weighted by molar-refractivity contribution is 5.15. The number of rotatable bonds is 3. The summed E-state index contributed by atoms with van der Waals surface area (Å²) in [6.45, 7) is 2.64. The number of hydrogen-bond acceptors (Lipinski definition) is 2. The van der Waals surface area contributed by atoms with E-state index in [1.807, 2.05) is 0 Å². The van der Waals surface area contributed by atoms with Gasteiger partial charge in [0.05, 0.1) is 12.6 Å². The lowest BCUT2D eigenvalue weighted by Gasteiger charge is -2.28. The largest absolute Gasteiger partial charge is 0.288 e. The van der Waals surface area contributed by atoms with Gasteiger partial charge in [-0.1, -0.05) is 25.7 Å². The van der Waals surface area contributed by atoms with Crippen molar-refractivity contribution in [2.75, 3.05) is 6.54 Å². The maximum atomic E-state index is 9.16. The molecule has 0 spiro atoms. The summed E-state index contributed by atoms with van der Waals surface area (Å²) in [5.74, 6) is 3.01. The summed E-state index contributed by atoms with van der Waals surface area (Å²) in [7, 11) is 0. The standard InChI is InChI=1S/C11H16N2/c1-3-8-13-11(9-12)7-5-6-10(11)4-2/h1,10,13H,4-8H2,2H3. The highest BCUT2D eigenvalue weighted by atomic mass is 15.0. The van der Waals surface area contributed by atoms with Crippen LogP contribution in [0.3, 0.4) is 0 Å². The van der Waals surface area contributed by atoms with Gasteiger partial charge in [0.1, 0.15) is 5.54 Å². The Balaban J connectivity index is 2.69. The van der Waals surface area contributed by atoms with Gasteiger partial charge >= 0.3 is 0 Å². The van der Waals surface area contributed by atoms with E-state index in [9.17, 15) is 0 Å². The molecule has 0 radical (unpaired) electrons. The summed E-state index contributed by atoms with van der Waals surface area (Å²) in [5, 5.41) is 12.4. The Morgan fingerprint density at radius 3 is 3.00 bits per heavy atom. The quantitative estimate of drug-likeness (QED) is 0.664. The zero-order chi connectivity index (χ0) is 9.73. The molecule has 1 aliphatic carbocycles. The van der Waals surface area contributed by atoms with Crippen molar-refractivity contribution in [3.63, 3.8) is 0 Å². The highest BCUT2D eigenvalue weighted by Crippen LogP contribution is 2.37. The summed E-state index contributed by atoms with van der Waals surface area (Å²) in [4.78, 5) is 0. The molecule has 0 amide bonds. The molecular formula is C11H16N2. The van der Waals surface area contributed by atoms with E-state index in [0.29, 0.717) is 12.5 Å². The van der Waals surface area contributed by atoms with Crippen LogP contribution in [0.2, 0.25) is 0 Å². The van der Waals surface area contributed by atoms with Gasteiger partial charge in [-0.05, 0) is 18.8 Å². The smallest absolute Gasteiger partial charge is 0.110 e. The van der Waals surface area contributed by atoms with E-state index in [0.717, 1.165) is 25.7 Å². The number of nitrogens with one attached hydrogen (secondary N) is 1. The van der Waals surface area contributed by atoms with Crippen LogP contribution in [0.5, 0.6) is 0 Å². The lowest BCUT2D eigenvalue weighted by atomic mass is 9.86. The van der Waals surface area contributed by atoms with Gasteiger partial charge in [0, 0.05) is 0 Å². The summed E-state index contributed by atoms with van der Waals surface area (Å²) in [6, 6.07) is 2.41. The lowest BCUT2D eigenvalue weighted by molar-refractivity contribution is 0.321. The van der Waals surface area contributed by atoms with Crippen molar-refractivity contribution >= 4 is 0 Å². The molecule has 13 heavy (non-hydrogen) atoms. The maximum absolute atomic E-state index is 9.16. The second-order valence-corrected chi connectivity index (χ2v) is 3.64. The first-order chi connectivity index (χ1) is 6.29. The zero-order valence-corrected chi connectivity index (χ0v) is 8.14. The van der Waals surface area contributed by atoms with Crippen LogP contribution in [-0.2, 0) is 0 Å². The Morgan fingerprint density at radius 2 is 2.46 bits per heavy atom. The summed E-state index contributed by atoms with van der Waals surface area (Å²) < 4.78 is 0. The van der Waals surface area contributed by atoms with Crippen molar-refractivity contribution in [1.82, 2.24) is 5.32 Å². The van der Waals surface area contributed by atoms with Crippen molar-refractivity contribution in [1.29, 1.82) is 5.26 Å². The minimum absolute atomic E-state index is 0.332. The Kier molecular flexibility index (Phi) is 3.34. The van der Waals surface area contributed by atoms with Crippen LogP contribution in [0.4, 0.5) is 0 Å². The van der Waals surface area contributed by atoms with E-state index in [1.54, 1.807) is 0 Å². The number of terminal acetylenes is 1. The average Bonchev–Trinajstić information content (AvgIpc) is 2.58. The molecule has 1 fully saturated rings. The van der Waals surface area contributed by atoms with Gasteiger partial charge in [-0.3, -0.25) is 5.32 Å². The average molecular weight is 176 g/mol. The molecule has 0 aromatic rings. The Morgan fingerprint density at radius 1 is 1.69 bits per heavy atom. The Labute approximate surface area is 80.3 Å². The Bertz CT molecular complexity index is 246. The maximum Gasteiger partial charge on any atom is 0.110 e. The molecule has 2 atom stereocenters. The Hall–Kier alpha value is -0.990. The fraction of sp³-hybridized carbons (Fsp3) is 0.727. The second-order valence-electron chi connectivity index (χ2n) is 3.64. The van der Waals surface area contributed by atoms with E-state index in [4.69, 9.17) is 11.7 Å². The fourth-order valence-corrected chi connectivity index (χ4v) is 2.26. The van der Waals surface area contributed by atoms with E-state index < -0.39 is 0 Å². The molecule has 1 rings (SSSR count). The van der Waals surface area contributed by atoms with Gasteiger partial charge in [-0.15, -0.1) is 6.42 Å². The molecule has 0 aromatic heterocycles. The van der Waals surface area contributed by atoms with Crippen molar-refractivity contribution in [2.45, 2.75) is 38.1 Å². The lowest BCUT2D eigenvalue weighted by Crippen LogP contribution is -2.47. The topological polar surface area (TPSA) is 35.8 Å². The second kappa shape index (κ2) is 4.30. The van der Waals surface area contributed by atoms with E-state index >= 15 is 0 Å². The molecule has 2 unspecified atom stereocenters. The van der Waals surface area contributed by atoms with Crippen LogP contribution < -0.4 is 5.32 Å². The number of nitrogens with zero attached hydrogens (tertiary/aromatic N) is 1. The van der Waals surface area contributed by atoms with Crippen LogP contribution >= 0.6 is 0 Å². The van der Waals surface area contributed by atoms with Crippen LogP contribution in [0, 0.1) is 29.6 Å². The van der Waals surface area contributed by atoms with Gasteiger partial charge in [-0.25, -0.2) is 0 Å². The monoisotopic (exact) mass is 176 g/mol. The van der Waals surface area contributed by atoms with E-state index in [-0.39, 0.29) is 5.54 Å². The molecular weight excluding hydrogens is 160 g/mol. The molecule has 0 aromatic carbocycles. The summed E-state index contributed by atoms with van der Waals surface area (Å²) in [5.41, 5.74) is -0.332. The minimum atomic E-state index is -0.332. The molecule has 1 N–H and O–H groups in total. The van der Waals surface area contributed by atoms with Crippen LogP contribution in [0.1, 0.15) is 32.6 Å². The van der Waals surface area contributed by atoms with Gasteiger partial charge in [-0.2, -0.15) is 5.26 Å². The van der Waals surface area contributed by atoms with E-state index in [2.05, 4.69) is 24.2 Å². The van der Waals surface area contributed by atoms with Gasteiger partial charge in [0.2, 0.25) is 0 Å². The summed E-state index contributed by atoms with van der Waals surface area (Å²) >= 11 is 0. The minimum Gasteiger partial charge on any atom is -0.288 e. The molecule has 1 aliphatic rings. The van der Waals surface area contributed by atoms with Crippen LogP contribution in [-0.4, -0.2) is 12.1 Å². The summed E-state index contributed by atoms with van der Waals surface area (Å²) in [6.07, 6.45) is 9.49. The third-order valence-electron chi connectivity index (χ3n) is 3.02. The van der Waals surface area contributed by atoms with Crippen LogP contribution in [0.15, 0.2) is 0 Å². The van der Waals surface area contributed by atoms with E-state index in [1.165, 1.54) is 0 Å². The van der Waals surface area contributed by atoms with Crippen LogP contribution in [0.25, 0.3) is 0 Å². The molecule has 0 heterocycles. The number of hydrogen-bond donors (Lipinski definition) is 1. The number of nitriles is 1. The molecule has 0 saturated heterocycles. The predicted octanol–water partition coefficient (Wildman–Crippen LogP) is 1.68. The highest BCUT2D eigenvalue weighted by Gasteiger charge is 2.41. The fourth-order valence-electron chi connectivity index (χ4n) is 2.26. The third-order valence-corrected chi connectivity index (χ3v) is 3.02. The molecule has 0 aliphatic heterocycles. The SMILES string of the molecule is C#CCNC1(C#N)CCCC1CC. The molecule has 2 heteroatoms. The normalized spacial score (nSPS) is 32.4. The third kappa shape index (κ3) is 1.85. The first kappa shape index (κ1) is 10.1. The van der Waals surface area contributed by atoms with Gasteiger partial charge < -0.3 is 0 Å². The predicted molar refractivity (Wildman–Crippen MR) is 52.8 cm³/mol. The van der Waals surface area contributed by atoms with Crippen molar-refractivity contribution in [2.24, 2.45) is 5.92 Å². The van der Waals surface area contributed by atoms with Gasteiger partial charge in [0.25, 0.3) is 0 Å². The first-order valence-electron chi connectivity index (χ1n) is 4.89. The van der Waals surface area contributed by atoms with Crippen molar-refractivity contribution < 1.29 is 0 Å². The zero-order valence-electron chi connectivity index (χ0n) is 8.14. The van der Waals surface area contributed by atoms with Crippen molar-refractivity contribution in [3.05, 3.63) is 0 Å².